The smallest absolute Gasteiger partial charge is 0.334 e. The Hall–Kier alpha value is -3.23. The topological polar surface area (TPSA) is 110 Å². The highest BCUT2D eigenvalue weighted by atomic mass is 35.5. The summed E-state index contributed by atoms with van der Waals surface area (Å²) in [4.78, 5) is 30.5. The van der Waals surface area contributed by atoms with Crippen molar-refractivity contribution in [3.8, 4) is 0 Å². The Morgan fingerprint density at radius 1 is 1.07 bits per heavy atom. The molecular formula is C18H13Cl2N5O3. The van der Waals surface area contributed by atoms with Crippen LogP contribution < -0.4 is 10.6 Å². The Morgan fingerprint density at radius 3 is 2.43 bits per heavy atom. The molecule has 0 aliphatic heterocycles. The number of rotatable bonds is 6. The Bertz CT molecular complexity index is 1070. The molecule has 3 aromatic rings. The summed E-state index contributed by atoms with van der Waals surface area (Å²) in [6, 6.07) is 11.2. The first-order chi connectivity index (χ1) is 13.3. The van der Waals surface area contributed by atoms with Crippen LogP contribution in [0, 0.1) is 10.1 Å². The Kier molecular flexibility index (Phi) is 5.72. The molecule has 8 nitrogen and oxygen atoms in total. The number of halogens is 2. The highest BCUT2D eigenvalue weighted by Crippen LogP contribution is 2.35. The lowest BCUT2D eigenvalue weighted by Gasteiger charge is -2.11. The van der Waals surface area contributed by atoms with E-state index in [1.807, 2.05) is 0 Å². The normalized spacial score (nSPS) is 10.4. The van der Waals surface area contributed by atoms with E-state index in [-0.39, 0.29) is 28.1 Å². The van der Waals surface area contributed by atoms with E-state index in [0.29, 0.717) is 22.0 Å². The lowest BCUT2D eigenvalue weighted by molar-refractivity contribution is -0.383. The molecule has 28 heavy (non-hydrogen) atoms. The first-order valence-corrected chi connectivity index (χ1v) is 8.70. The summed E-state index contributed by atoms with van der Waals surface area (Å²) in [5.41, 5.74) is 0.970. The van der Waals surface area contributed by atoms with Gasteiger partial charge in [0, 0.05) is 16.3 Å². The number of anilines is 4. The second kappa shape index (κ2) is 8.20. The van der Waals surface area contributed by atoms with E-state index in [9.17, 15) is 14.9 Å². The molecule has 0 aliphatic carbocycles. The predicted octanol–water partition coefficient (Wildman–Crippen LogP) is 5.38. The second-order valence-corrected chi connectivity index (χ2v) is 6.53. The maximum absolute atomic E-state index is 11.7. The van der Waals surface area contributed by atoms with Crippen LogP contribution in [0.4, 0.5) is 28.7 Å². The van der Waals surface area contributed by atoms with Gasteiger partial charge in [-0.25, -0.2) is 9.97 Å². The summed E-state index contributed by atoms with van der Waals surface area (Å²) in [6.07, 6.45) is 1.18. The molecule has 0 atom stereocenters. The molecule has 3 rings (SSSR count). The number of carbonyl (C=O) groups is 1. The number of aromatic nitrogens is 2. The summed E-state index contributed by atoms with van der Waals surface area (Å²) in [7, 11) is 0. The number of hydrogen-bond donors (Lipinski definition) is 2. The van der Waals surface area contributed by atoms with Gasteiger partial charge in [-0.05, 0) is 37.3 Å². The van der Waals surface area contributed by atoms with Crippen LogP contribution in [-0.4, -0.2) is 20.7 Å². The fourth-order valence-corrected chi connectivity index (χ4v) is 2.86. The van der Waals surface area contributed by atoms with E-state index in [1.54, 1.807) is 36.4 Å². The average Bonchev–Trinajstić information content (AvgIpc) is 2.64. The van der Waals surface area contributed by atoms with Crippen LogP contribution >= 0.6 is 23.2 Å². The SMILES string of the molecule is CC(=O)c1cccc(Nc2ncnc(Nc3ccc(Cl)cc3Cl)c2[N+](=O)[O-])c1. The minimum atomic E-state index is -0.608. The number of nitrogens with one attached hydrogen (secondary N) is 2. The van der Waals surface area contributed by atoms with Crippen molar-refractivity contribution in [2.45, 2.75) is 6.92 Å². The summed E-state index contributed by atoms with van der Waals surface area (Å²) in [6.45, 7) is 1.43. The van der Waals surface area contributed by atoms with Crippen molar-refractivity contribution in [3.05, 3.63) is 74.5 Å². The lowest BCUT2D eigenvalue weighted by atomic mass is 10.1. The van der Waals surface area contributed by atoms with Crippen LogP contribution in [0.25, 0.3) is 0 Å². The molecule has 1 heterocycles. The maximum atomic E-state index is 11.7. The number of hydrogen-bond acceptors (Lipinski definition) is 7. The minimum Gasteiger partial charge on any atom is -0.334 e. The van der Waals surface area contributed by atoms with Crippen molar-refractivity contribution >= 4 is 57.7 Å². The molecule has 0 radical (unpaired) electrons. The van der Waals surface area contributed by atoms with Crippen LogP contribution in [0.2, 0.25) is 10.0 Å². The van der Waals surface area contributed by atoms with Gasteiger partial charge in [-0.2, -0.15) is 0 Å². The van der Waals surface area contributed by atoms with Crippen LogP contribution in [0.3, 0.4) is 0 Å². The third-order valence-electron chi connectivity index (χ3n) is 3.72. The van der Waals surface area contributed by atoms with Gasteiger partial charge in [0.1, 0.15) is 6.33 Å². The second-order valence-electron chi connectivity index (χ2n) is 5.69. The molecule has 10 heteroatoms. The van der Waals surface area contributed by atoms with Gasteiger partial charge in [0.05, 0.1) is 15.6 Å². The highest BCUT2D eigenvalue weighted by Gasteiger charge is 2.24. The van der Waals surface area contributed by atoms with Crippen molar-refractivity contribution in [1.82, 2.24) is 9.97 Å². The van der Waals surface area contributed by atoms with Gasteiger partial charge in [0.2, 0.25) is 11.6 Å². The molecule has 0 bridgehead atoms. The van der Waals surface area contributed by atoms with Crippen LogP contribution in [0.1, 0.15) is 17.3 Å². The van der Waals surface area contributed by atoms with Gasteiger partial charge in [-0.15, -0.1) is 0 Å². The molecule has 0 amide bonds. The molecule has 2 aromatic carbocycles. The fraction of sp³-hybridized carbons (Fsp3) is 0.0556. The largest absolute Gasteiger partial charge is 0.353 e. The number of nitrogens with zero attached hydrogens (tertiary/aromatic N) is 3. The highest BCUT2D eigenvalue weighted by molar-refractivity contribution is 6.36. The third-order valence-corrected chi connectivity index (χ3v) is 4.27. The molecule has 142 valence electrons. The van der Waals surface area contributed by atoms with Crippen molar-refractivity contribution in [2.75, 3.05) is 10.6 Å². The van der Waals surface area contributed by atoms with Gasteiger partial charge >= 0.3 is 5.69 Å². The summed E-state index contributed by atoms with van der Waals surface area (Å²) < 4.78 is 0. The summed E-state index contributed by atoms with van der Waals surface area (Å²) in [5.74, 6) is -0.205. The van der Waals surface area contributed by atoms with Crippen LogP contribution in [-0.2, 0) is 0 Å². The van der Waals surface area contributed by atoms with Gasteiger partial charge in [0.15, 0.2) is 5.78 Å². The average molecular weight is 418 g/mol. The lowest BCUT2D eigenvalue weighted by Crippen LogP contribution is -2.06. The first-order valence-electron chi connectivity index (χ1n) is 7.94. The van der Waals surface area contributed by atoms with E-state index in [0.717, 1.165) is 0 Å². The van der Waals surface area contributed by atoms with E-state index in [4.69, 9.17) is 23.2 Å². The molecule has 0 spiro atoms. The van der Waals surface area contributed by atoms with Crippen molar-refractivity contribution < 1.29 is 9.72 Å². The number of benzene rings is 2. The van der Waals surface area contributed by atoms with Crippen molar-refractivity contribution in [2.24, 2.45) is 0 Å². The molecule has 0 saturated heterocycles. The predicted molar refractivity (Wildman–Crippen MR) is 108 cm³/mol. The zero-order valence-corrected chi connectivity index (χ0v) is 16.0. The maximum Gasteiger partial charge on any atom is 0.353 e. The quantitative estimate of drug-likeness (QED) is 0.314. The summed E-state index contributed by atoms with van der Waals surface area (Å²) >= 11 is 12.0. The molecular weight excluding hydrogens is 405 g/mol. The molecule has 2 N–H and O–H groups in total. The van der Waals surface area contributed by atoms with E-state index < -0.39 is 4.92 Å². The van der Waals surface area contributed by atoms with Crippen LogP contribution in [0.15, 0.2) is 48.8 Å². The molecule has 0 aliphatic rings. The monoisotopic (exact) mass is 417 g/mol. The first kappa shape index (κ1) is 19.5. The number of nitro groups is 1. The summed E-state index contributed by atoms with van der Waals surface area (Å²) in [5, 5.41) is 18.1. The zero-order valence-electron chi connectivity index (χ0n) is 14.4. The Labute approximate surface area is 169 Å². The molecule has 1 aromatic heterocycles. The Balaban J connectivity index is 1.99. The van der Waals surface area contributed by atoms with Gasteiger partial charge < -0.3 is 10.6 Å². The van der Waals surface area contributed by atoms with E-state index >= 15 is 0 Å². The van der Waals surface area contributed by atoms with Gasteiger partial charge in [-0.1, -0.05) is 35.3 Å². The molecule has 0 fully saturated rings. The standard InChI is InChI=1S/C18H13Cl2N5O3/c1-10(26)11-3-2-4-13(7-11)23-17-16(25(27)28)18(22-9-21-17)24-15-6-5-12(19)8-14(15)20/h2-9H,1H3,(H2,21,22,23,24). The molecule has 0 saturated carbocycles. The van der Waals surface area contributed by atoms with Crippen molar-refractivity contribution in [1.29, 1.82) is 0 Å². The van der Waals surface area contributed by atoms with Crippen molar-refractivity contribution in [3.63, 3.8) is 0 Å². The van der Waals surface area contributed by atoms with Gasteiger partial charge in [-0.3, -0.25) is 14.9 Å². The number of Topliss-reactive ketones (excluding diaryl/α,β-unsaturated/α-hetero) is 1. The minimum absolute atomic E-state index is 0.0340. The fourth-order valence-electron chi connectivity index (χ4n) is 2.41. The number of ketones is 1. The Morgan fingerprint density at radius 2 is 1.79 bits per heavy atom. The zero-order chi connectivity index (χ0) is 20.3. The van der Waals surface area contributed by atoms with E-state index in [2.05, 4.69) is 20.6 Å². The number of carbonyl (C=O) groups excluding carboxylic acids is 1. The van der Waals surface area contributed by atoms with Crippen LogP contribution in [0.5, 0.6) is 0 Å². The third kappa shape index (κ3) is 4.36. The van der Waals surface area contributed by atoms with Gasteiger partial charge in [0.25, 0.3) is 0 Å². The van der Waals surface area contributed by atoms with E-state index in [1.165, 1.54) is 19.3 Å². The molecule has 0 unspecified atom stereocenters.